The Balaban J connectivity index is 2.68. The molecule has 0 aliphatic carbocycles. The van der Waals surface area contributed by atoms with Crippen LogP contribution in [0.2, 0.25) is 0 Å². The molecule has 0 aromatic heterocycles. The van der Waals surface area contributed by atoms with E-state index >= 15 is 0 Å². The quantitative estimate of drug-likeness (QED) is 0.588. The van der Waals surface area contributed by atoms with Gasteiger partial charge in [-0.25, -0.2) is 0 Å². The van der Waals surface area contributed by atoms with Crippen molar-refractivity contribution in [3.8, 4) is 0 Å². The van der Waals surface area contributed by atoms with E-state index in [-0.39, 0.29) is 21.2 Å². The molecule has 17 heavy (non-hydrogen) atoms. The van der Waals surface area contributed by atoms with Crippen molar-refractivity contribution >= 4 is 0 Å². The van der Waals surface area contributed by atoms with Crippen LogP contribution in [0.5, 0.6) is 0 Å². The van der Waals surface area contributed by atoms with Gasteiger partial charge in [-0.1, -0.05) is 0 Å². The van der Waals surface area contributed by atoms with E-state index in [1.165, 1.54) is 51.4 Å². The molecule has 2 heteroatoms. The van der Waals surface area contributed by atoms with Gasteiger partial charge >= 0.3 is 118 Å². The van der Waals surface area contributed by atoms with Crippen LogP contribution < -0.4 is 26.9 Å². The van der Waals surface area contributed by atoms with Crippen LogP contribution in [-0.2, 0) is 0 Å². The van der Waals surface area contributed by atoms with Gasteiger partial charge in [0.05, 0.1) is 0 Å². The van der Waals surface area contributed by atoms with Crippen molar-refractivity contribution < 1.29 is 21.2 Å². The molecule has 2 atom stereocenters. The number of nitrogens with two attached hydrogens (primary N) is 1. The van der Waals surface area contributed by atoms with Crippen LogP contribution in [-0.4, -0.2) is 9.97 Å². The van der Waals surface area contributed by atoms with Gasteiger partial charge < -0.3 is 0 Å². The van der Waals surface area contributed by atoms with Gasteiger partial charge in [-0.15, -0.1) is 0 Å². The van der Waals surface area contributed by atoms with Gasteiger partial charge in [-0.2, -0.15) is 0 Å². The van der Waals surface area contributed by atoms with E-state index in [0.717, 1.165) is 3.92 Å². The van der Waals surface area contributed by atoms with E-state index in [9.17, 15) is 0 Å². The molecule has 1 rings (SSSR count). The fraction of sp³-hybridized carbons (Fsp3) is 0.867. The van der Waals surface area contributed by atoms with Crippen LogP contribution in [0.3, 0.4) is 0 Å². The molecular weight excluding hydrogens is 321 g/mol. The van der Waals surface area contributed by atoms with E-state index in [2.05, 4.69) is 20.8 Å². The van der Waals surface area contributed by atoms with Crippen molar-refractivity contribution in [2.24, 2.45) is 5.73 Å². The van der Waals surface area contributed by atoms with Crippen molar-refractivity contribution in [2.75, 3.05) is 0 Å². The number of rotatable bonds is 2. The first-order chi connectivity index (χ1) is 8.13. The molecule has 2 N–H and O–H groups in total. The summed E-state index contributed by atoms with van der Waals surface area (Å²) in [6, 6.07) is 0.446. The Bertz CT molecular complexity index is 247. The average molecular weight is 350 g/mol. The Morgan fingerprint density at radius 1 is 1.24 bits per heavy atom. The molecule has 0 aromatic carbocycles. The van der Waals surface area contributed by atoms with Crippen molar-refractivity contribution in [2.45, 2.75) is 82.1 Å². The van der Waals surface area contributed by atoms with Gasteiger partial charge in [0, 0.05) is 0 Å². The van der Waals surface area contributed by atoms with Crippen LogP contribution >= 0.6 is 0 Å². The van der Waals surface area contributed by atoms with Gasteiger partial charge in [0.2, 0.25) is 0 Å². The van der Waals surface area contributed by atoms with E-state index in [1.54, 1.807) is 9.15 Å². The summed E-state index contributed by atoms with van der Waals surface area (Å²) in [6.45, 7) is 7.16. The monoisotopic (exact) mass is 350 g/mol. The van der Waals surface area contributed by atoms with E-state index in [1.807, 2.05) is 0 Å². The maximum absolute atomic E-state index is 6.20. The van der Waals surface area contributed by atoms with Crippen molar-refractivity contribution in [1.29, 1.82) is 0 Å². The van der Waals surface area contributed by atoms with Crippen LogP contribution in [0.4, 0.5) is 0 Å². The summed E-state index contributed by atoms with van der Waals surface area (Å²) in [5, 5.41) is 0. The first-order valence-electron chi connectivity index (χ1n) is 7.21. The van der Waals surface area contributed by atoms with Crippen molar-refractivity contribution in [1.82, 2.24) is 0 Å². The van der Waals surface area contributed by atoms with Gasteiger partial charge in [-0.05, 0) is 0 Å². The minimum atomic E-state index is 0.274. The molecule has 0 spiro atoms. The third-order valence-electron chi connectivity index (χ3n) is 3.63. The normalized spacial score (nSPS) is 33.6. The Hall–Kier alpha value is 0.430. The maximum atomic E-state index is 6.20. The van der Waals surface area contributed by atoms with Crippen molar-refractivity contribution in [3.63, 3.8) is 0 Å². The number of hydrogen-bond acceptors (Lipinski definition) is 1. The molecule has 1 nitrogen and oxygen atoms in total. The number of alkyl halides is 1. The fourth-order valence-electron chi connectivity index (χ4n) is 2.52. The zero-order chi connectivity index (χ0) is 12.7. The zero-order valence-corrected chi connectivity index (χ0v) is 13.9. The molecular formula is C15H29IN-. The Labute approximate surface area is 118 Å². The zero-order valence-electron chi connectivity index (χ0n) is 11.8. The second kappa shape index (κ2) is 8.52. The number of halogens is 1. The second-order valence-electron chi connectivity index (χ2n) is 5.36. The summed E-state index contributed by atoms with van der Waals surface area (Å²) in [5.74, 6) is 0. The Morgan fingerprint density at radius 3 is 2.65 bits per heavy atom. The standard InChI is InChI=1S/C15H29IN/c1-4-7-14-10-11-15(17)9-6-5-8-12(2)16-13(14)3/h12,15H,4-11,17H2,1-3H3/q-1/b14-13+/t12-,15-/m1/s1. The SMILES string of the molecule is CCC/C1=C(/C)[I-][C@H](C)CCCC[C@@H](N)CC1. The van der Waals surface area contributed by atoms with E-state index in [0.29, 0.717) is 6.04 Å². The minimum absolute atomic E-state index is 0.274. The summed E-state index contributed by atoms with van der Waals surface area (Å²) in [4.78, 5) is 0. The Kier molecular flexibility index (Phi) is 7.76. The topological polar surface area (TPSA) is 26.0 Å². The molecule has 0 unspecified atom stereocenters. The molecule has 1 aliphatic rings. The Morgan fingerprint density at radius 2 is 1.94 bits per heavy atom. The molecule has 0 saturated heterocycles. The molecule has 0 saturated carbocycles. The number of allylic oxidation sites excluding steroid dienone is 2. The summed E-state index contributed by atoms with van der Waals surface area (Å²) < 4.78 is 2.74. The van der Waals surface area contributed by atoms with Crippen LogP contribution in [0.25, 0.3) is 0 Å². The summed E-state index contributed by atoms with van der Waals surface area (Å²) >= 11 is 0.274. The number of hydrogen-bond donors (Lipinski definition) is 1. The summed E-state index contributed by atoms with van der Waals surface area (Å²) in [6.07, 6.45) is 10.5. The van der Waals surface area contributed by atoms with Crippen LogP contribution in [0, 0.1) is 0 Å². The van der Waals surface area contributed by atoms with E-state index < -0.39 is 0 Å². The van der Waals surface area contributed by atoms with Gasteiger partial charge in [0.1, 0.15) is 0 Å². The summed E-state index contributed by atoms with van der Waals surface area (Å²) in [7, 11) is 0. The average Bonchev–Trinajstić information content (AvgIpc) is 2.31. The van der Waals surface area contributed by atoms with Gasteiger partial charge in [-0.3, -0.25) is 0 Å². The van der Waals surface area contributed by atoms with Crippen LogP contribution in [0.1, 0.15) is 72.1 Å². The predicted octanol–water partition coefficient (Wildman–Crippen LogP) is 1.22. The van der Waals surface area contributed by atoms with E-state index in [4.69, 9.17) is 5.73 Å². The molecule has 0 aromatic rings. The molecule has 1 heterocycles. The third-order valence-corrected chi connectivity index (χ3v) is 7.02. The predicted molar refractivity (Wildman–Crippen MR) is 72.7 cm³/mol. The third kappa shape index (κ3) is 6.23. The molecule has 0 bridgehead atoms. The first kappa shape index (κ1) is 15.5. The molecule has 0 fully saturated rings. The van der Waals surface area contributed by atoms with Gasteiger partial charge in [0.15, 0.2) is 0 Å². The molecule has 0 amide bonds. The van der Waals surface area contributed by atoms with Gasteiger partial charge in [0.25, 0.3) is 0 Å². The molecule has 102 valence electrons. The molecule has 1 aliphatic heterocycles. The first-order valence-corrected chi connectivity index (χ1v) is 9.53. The fourth-order valence-corrected chi connectivity index (χ4v) is 5.84. The second-order valence-corrected chi connectivity index (χ2v) is 9.73. The van der Waals surface area contributed by atoms with Crippen LogP contribution in [0.15, 0.2) is 9.15 Å². The molecule has 0 radical (unpaired) electrons. The summed E-state index contributed by atoms with van der Waals surface area (Å²) in [5.41, 5.74) is 7.95. The van der Waals surface area contributed by atoms with Crippen molar-refractivity contribution in [3.05, 3.63) is 9.15 Å².